The van der Waals surface area contributed by atoms with Crippen molar-refractivity contribution in [2.75, 3.05) is 45.6 Å². The zero-order valence-electron chi connectivity index (χ0n) is 22.0. The Morgan fingerprint density at radius 3 is 2.00 bits per heavy atom. The first-order valence-electron chi connectivity index (χ1n) is 11.4. The van der Waals surface area contributed by atoms with Crippen LogP contribution in [0.1, 0.15) is 17.2 Å². The molecule has 3 rings (SSSR count). The fourth-order valence-electron chi connectivity index (χ4n) is 3.64. The predicted octanol–water partition coefficient (Wildman–Crippen LogP) is 4.60. The number of hydrogen-bond donors (Lipinski definition) is 2. The molecule has 39 heavy (non-hydrogen) atoms. The Labute approximate surface area is 226 Å². The minimum Gasteiger partial charge on any atom is -0.496 e. The topological polar surface area (TPSA) is 121 Å². The molecular weight excluding hydrogens is 531 g/mol. The summed E-state index contributed by atoms with van der Waals surface area (Å²) in [6, 6.07) is 12.0. The lowest BCUT2D eigenvalue weighted by Crippen LogP contribution is -2.22. The van der Waals surface area contributed by atoms with Crippen molar-refractivity contribution in [1.82, 2.24) is 0 Å². The molecule has 208 valence electrons. The van der Waals surface area contributed by atoms with Gasteiger partial charge in [0.2, 0.25) is 0 Å². The number of carbonyl (C=O) groups is 1. The number of sulfonamides is 1. The highest BCUT2D eigenvalue weighted by Gasteiger charge is 2.23. The third-order valence-corrected chi connectivity index (χ3v) is 6.58. The van der Waals surface area contributed by atoms with E-state index in [1.807, 2.05) is 0 Å². The van der Waals surface area contributed by atoms with Crippen molar-refractivity contribution < 1.29 is 41.3 Å². The molecule has 2 N–H and O–H groups in total. The maximum atomic E-state index is 13.4. The van der Waals surface area contributed by atoms with E-state index in [1.165, 1.54) is 84.1 Å². The molecule has 0 aromatic heterocycles. The molecule has 0 radical (unpaired) electrons. The smallest absolute Gasteiger partial charge is 0.332 e. The summed E-state index contributed by atoms with van der Waals surface area (Å²) >= 11 is 0. The number of carbonyl (C=O) groups excluding carboxylic acids is 1. The van der Waals surface area contributed by atoms with Crippen LogP contribution < -0.4 is 29.0 Å². The second kappa shape index (κ2) is 12.9. The summed E-state index contributed by atoms with van der Waals surface area (Å²) in [5, 5.41) is 3.96. The molecule has 0 heterocycles. The molecule has 0 amide bonds. The second-order valence-electron chi connectivity index (χ2n) is 7.96. The van der Waals surface area contributed by atoms with Gasteiger partial charge in [-0.2, -0.15) is 0 Å². The van der Waals surface area contributed by atoms with Crippen molar-refractivity contribution in [2.24, 2.45) is 0 Å². The highest BCUT2D eigenvalue weighted by molar-refractivity contribution is 7.95. The molecule has 12 heteroatoms. The van der Waals surface area contributed by atoms with Crippen LogP contribution in [0.15, 0.2) is 60.0 Å². The van der Waals surface area contributed by atoms with Crippen molar-refractivity contribution in [3.05, 3.63) is 76.9 Å². The minimum atomic E-state index is -4.02. The van der Waals surface area contributed by atoms with Crippen molar-refractivity contribution in [2.45, 2.75) is 6.04 Å². The number of anilines is 2. The van der Waals surface area contributed by atoms with Crippen LogP contribution in [0.3, 0.4) is 0 Å². The van der Waals surface area contributed by atoms with Gasteiger partial charge in [0.05, 0.1) is 57.9 Å². The highest BCUT2D eigenvalue weighted by atomic mass is 32.2. The van der Waals surface area contributed by atoms with Crippen molar-refractivity contribution >= 4 is 33.4 Å². The van der Waals surface area contributed by atoms with E-state index in [9.17, 15) is 17.6 Å². The quantitative estimate of drug-likeness (QED) is 0.306. The van der Waals surface area contributed by atoms with Gasteiger partial charge in [0.1, 0.15) is 28.8 Å². The van der Waals surface area contributed by atoms with E-state index < -0.39 is 27.9 Å². The molecule has 0 fully saturated rings. The largest absolute Gasteiger partial charge is 0.496 e. The van der Waals surface area contributed by atoms with E-state index in [-0.39, 0.29) is 5.69 Å². The number of ether oxygens (including phenoxy) is 5. The third-order valence-electron chi connectivity index (χ3n) is 5.57. The van der Waals surface area contributed by atoms with E-state index >= 15 is 0 Å². The average molecular weight is 561 g/mol. The maximum absolute atomic E-state index is 13.4. The van der Waals surface area contributed by atoms with Crippen LogP contribution in [0, 0.1) is 5.82 Å². The molecule has 0 aliphatic heterocycles. The van der Waals surface area contributed by atoms with Crippen molar-refractivity contribution in [3.63, 3.8) is 0 Å². The average Bonchev–Trinajstić information content (AvgIpc) is 2.94. The number of halogens is 1. The van der Waals surface area contributed by atoms with Crippen LogP contribution in [-0.4, -0.2) is 49.9 Å². The lowest BCUT2D eigenvalue weighted by atomic mass is 10.1. The first-order chi connectivity index (χ1) is 18.6. The van der Waals surface area contributed by atoms with Gasteiger partial charge in [0.25, 0.3) is 10.0 Å². The Hall–Kier alpha value is -4.45. The second-order valence-corrected chi connectivity index (χ2v) is 9.53. The SMILES string of the molecule is COC(=O)C(Nc1cc(NS(=O)(=O)/C=C/c2c(OC)cc(OC)cc2OC)ccc1OC)c1ccc(F)cc1. The zero-order chi connectivity index (χ0) is 28.6. The van der Waals surface area contributed by atoms with Crippen LogP contribution in [0.5, 0.6) is 23.0 Å². The van der Waals surface area contributed by atoms with Gasteiger partial charge in [-0.3, -0.25) is 4.72 Å². The van der Waals surface area contributed by atoms with E-state index in [0.29, 0.717) is 39.8 Å². The minimum absolute atomic E-state index is 0.180. The van der Waals surface area contributed by atoms with Crippen LogP contribution in [0.2, 0.25) is 0 Å². The number of nitrogens with one attached hydrogen (secondary N) is 2. The van der Waals surface area contributed by atoms with E-state index in [2.05, 4.69) is 10.0 Å². The first kappa shape index (κ1) is 29.1. The summed E-state index contributed by atoms with van der Waals surface area (Å²) in [5.74, 6) is 0.406. The fourth-order valence-corrected chi connectivity index (χ4v) is 4.48. The number of rotatable bonds is 12. The molecule has 0 bridgehead atoms. The van der Waals surface area contributed by atoms with Gasteiger partial charge in [-0.15, -0.1) is 0 Å². The molecule has 0 aliphatic rings. The summed E-state index contributed by atoms with van der Waals surface area (Å²) in [7, 11) is 3.01. The first-order valence-corrected chi connectivity index (χ1v) is 13.0. The van der Waals surface area contributed by atoms with Gasteiger partial charge in [0, 0.05) is 12.1 Å². The van der Waals surface area contributed by atoms with E-state index in [0.717, 1.165) is 5.41 Å². The lowest BCUT2D eigenvalue weighted by Gasteiger charge is -2.20. The molecule has 0 saturated heterocycles. The van der Waals surface area contributed by atoms with Crippen LogP contribution in [0.4, 0.5) is 15.8 Å². The molecule has 0 spiro atoms. The zero-order valence-corrected chi connectivity index (χ0v) is 22.8. The molecule has 0 saturated carbocycles. The Morgan fingerprint density at radius 2 is 1.46 bits per heavy atom. The fraction of sp³-hybridized carbons (Fsp3) is 0.222. The van der Waals surface area contributed by atoms with E-state index in [4.69, 9.17) is 23.7 Å². The predicted molar refractivity (Wildman–Crippen MR) is 145 cm³/mol. The number of esters is 1. The van der Waals surface area contributed by atoms with Gasteiger partial charge in [-0.05, 0) is 42.0 Å². The third kappa shape index (κ3) is 7.32. The molecular formula is C27H29FN2O8S. The maximum Gasteiger partial charge on any atom is 0.332 e. The summed E-state index contributed by atoms with van der Waals surface area (Å²) in [6.07, 6.45) is 1.34. The number of methoxy groups -OCH3 is 5. The normalized spacial score (nSPS) is 11.9. The van der Waals surface area contributed by atoms with Crippen LogP contribution in [-0.2, 0) is 19.6 Å². The Morgan fingerprint density at radius 1 is 0.846 bits per heavy atom. The van der Waals surface area contributed by atoms with Crippen molar-refractivity contribution in [3.8, 4) is 23.0 Å². The molecule has 0 aliphatic carbocycles. The monoisotopic (exact) mass is 560 g/mol. The van der Waals surface area contributed by atoms with Crippen molar-refractivity contribution in [1.29, 1.82) is 0 Å². The van der Waals surface area contributed by atoms with Gasteiger partial charge in [0.15, 0.2) is 6.04 Å². The number of hydrogen-bond acceptors (Lipinski definition) is 9. The molecule has 10 nitrogen and oxygen atoms in total. The Balaban J connectivity index is 1.91. The van der Waals surface area contributed by atoms with Crippen LogP contribution >= 0.6 is 0 Å². The standard InChI is InChI=1S/C27H29FN2O8S/c1-34-20-15-24(36-3)21(25(16-20)37-4)12-13-39(32,33)30-19-10-11-23(35-2)22(14-19)29-26(27(31)38-5)17-6-8-18(28)9-7-17/h6-16,26,29-30H,1-5H3/b13-12+. The Kier molecular flexibility index (Phi) is 9.61. The lowest BCUT2D eigenvalue weighted by molar-refractivity contribution is -0.141. The van der Waals surface area contributed by atoms with Gasteiger partial charge < -0.3 is 29.0 Å². The van der Waals surface area contributed by atoms with E-state index in [1.54, 1.807) is 12.1 Å². The summed E-state index contributed by atoms with van der Waals surface area (Å²) in [4.78, 5) is 12.5. The molecule has 3 aromatic rings. The van der Waals surface area contributed by atoms with Crippen LogP contribution in [0.25, 0.3) is 6.08 Å². The molecule has 1 unspecified atom stereocenters. The highest BCUT2D eigenvalue weighted by Crippen LogP contribution is 2.36. The summed E-state index contributed by atoms with van der Waals surface area (Å²) < 4.78 is 67.9. The Bertz CT molecular complexity index is 1420. The number of benzene rings is 3. The van der Waals surface area contributed by atoms with Gasteiger partial charge in [-0.25, -0.2) is 17.6 Å². The summed E-state index contributed by atoms with van der Waals surface area (Å²) in [5.41, 5.74) is 1.30. The summed E-state index contributed by atoms with van der Waals surface area (Å²) in [6.45, 7) is 0. The molecule has 1 atom stereocenters. The van der Waals surface area contributed by atoms with Gasteiger partial charge >= 0.3 is 5.97 Å². The molecule has 3 aromatic carbocycles. The van der Waals surface area contributed by atoms with Gasteiger partial charge in [-0.1, -0.05) is 12.1 Å².